The standard InChI is InChI=1S/C20H24N6O2/c1-14(2)28-20(27)24(3)16-8-11-25(13-16)19-5-4-18-22-12-17(26(18)23-19)15-6-9-21-10-7-15/h4-7,9-10,12,14,16H,8,11,13H2,1-3H3. The Hall–Kier alpha value is -3.16. The van der Waals surface area contributed by atoms with Crippen LogP contribution in [0.5, 0.6) is 0 Å². The smallest absolute Gasteiger partial charge is 0.410 e. The van der Waals surface area contributed by atoms with Crippen molar-refractivity contribution in [2.45, 2.75) is 32.4 Å². The molecule has 1 aliphatic rings. The maximum absolute atomic E-state index is 12.2. The van der Waals surface area contributed by atoms with Crippen LogP contribution in [-0.2, 0) is 4.74 Å². The summed E-state index contributed by atoms with van der Waals surface area (Å²) in [7, 11) is 1.80. The average molecular weight is 380 g/mol. The summed E-state index contributed by atoms with van der Waals surface area (Å²) in [6, 6.07) is 7.94. The molecule has 0 N–H and O–H groups in total. The van der Waals surface area contributed by atoms with Gasteiger partial charge in [-0.1, -0.05) is 0 Å². The molecular weight excluding hydrogens is 356 g/mol. The van der Waals surface area contributed by atoms with E-state index in [0.717, 1.165) is 42.2 Å². The second kappa shape index (κ2) is 7.46. The van der Waals surface area contributed by atoms with Crippen LogP contribution in [0.25, 0.3) is 16.9 Å². The minimum Gasteiger partial charge on any atom is -0.447 e. The van der Waals surface area contributed by atoms with Crippen molar-refractivity contribution < 1.29 is 9.53 Å². The summed E-state index contributed by atoms with van der Waals surface area (Å²) in [4.78, 5) is 24.6. The number of hydrogen-bond acceptors (Lipinski definition) is 6. The number of carbonyl (C=O) groups excluding carboxylic acids is 1. The number of rotatable bonds is 4. The molecule has 0 aromatic carbocycles. The molecule has 0 saturated carbocycles. The lowest BCUT2D eigenvalue weighted by atomic mass is 10.2. The van der Waals surface area contributed by atoms with Crippen LogP contribution >= 0.6 is 0 Å². The normalized spacial score (nSPS) is 16.7. The van der Waals surface area contributed by atoms with Crippen LogP contribution in [0.1, 0.15) is 20.3 Å². The Kier molecular flexibility index (Phi) is 4.85. The van der Waals surface area contributed by atoms with Crippen molar-refractivity contribution >= 4 is 17.6 Å². The summed E-state index contributed by atoms with van der Waals surface area (Å²) in [5, 5.41) is 4.81. The van der Waals surface area contributed by atoms with E-state index in [1.165, 1.54) is 0 Å². The summed E-state index contributed by atoms with van der Waals surface area (Å²) >= 11 is 0. The molecule has 3 aromatic rings. The van der Waals surface area contributed by atoms with Gasteiger partial charge >= 0.3 is 6.09 Å². The number of nitrogens with zero attached hydrogens (tertiary/aromatic N) is 6. The molecular formula is C20H24N6O2. The minimum absolute atomic E-state index is 0.103. The van der Waals surface area contributed by atoms with Gasteiger partial charge in [0.15, 0.2) is 5.65 Å². The maximum atomic E-state index is 12.2. The first kappa shape index (κ1) is 18.2. The van der Waals surface area contributed by atoms with Crippen molar-refractivity contribution in [3.05, 3.63) is 42.9 Å². The van der Waals surface area contributed by atoms with Crippen LogP contribution < -0.4 is 4.90 Å². The molecule has 1 fully saturated rings. The van der Waals surface area contributed by atoms with Crippen LogP contribution in [0.2, 0.25) is 0 Å². The Morgan fingerprint density at radius 2 is 2.04 bits per heavy atom. The van der Waals surface area contributed by atoms with E-state index in [1.807, 2.05) is 48.8 Å². The largest absolute Gasteiger partial charge is 0.447 e. The zero-order valence-electron chi connectivity index (χ0n) is 16.3. The van der Waals surface area contributed by atoms with Crippen molar-refractivity contribution in [2.24, 2.45) is 0 Å². The molecule has 0 bridgehead atoms. The van der Waals surface area contributed by atoms with Gasteiger partial charge in [0.1, 0.15) is 5.82 Å². The van der Waals surface area contributed by atoms with Crippen molar-refractivity contribution in [2.75, 3.05) is 25.0 Å². The lowest BCUT2D eigenvalue weighted by Crippen LogP contribution is -2.40. The van der Waals surface area contributed by atoms with E-state index in [2.05, 4.69) is 14.9 Å². The fraction of sp³-hybridized carbons (Fsp3) is 0.400. The Balaban J connectivity index is 1.55. The Morgan fingerprint density at radius 3 is 2.79 bits per heavy atom. The minimum atomic E-state index is -0.278. The lowest BCUT2D eigenvalue weighted by molar-refractivity contribution is 0.0748. The summed E-state index contributed by atoms with van der Waals surface area (Å²) in [6.07, 6.45) is 5.82. The molecule has 4 rings (SSSR count). The van der Waals surface area contributed by atoms with E-state index in [9.17, 15) is 4.79 Å². The number of pyridine rings is 1. The molecule has 0 aliphatic carbocycles. The second-order valence-electron chi connectivity index (χ2n) is 7.27. The van der Waals surface area contributed by atoms with E-state index < -0.39 is 0 Å². The number of aromatic nitrogens is 4. The third-order valence-corrected chi connectivity index (χ3v) is 4.98. The molecule has 1 aliphatic heterocycles. The fourth-order valence-electron chi connectivity index (χ4n) is 3.45. The van der Waals surface area contributed by atoms with Crippen LogP contribution in [0.4, 0.5) is 10.6 Å². The highest BCUT2D eigenvalue weighted by atomic mass is 16.6. The third-order valence-electron chi connectivity index (χ3n) is 4.98. The molecule has 146 valence electrons. The highest BCUT2D eigenvalue weighted by Gasteiger charge is 2.30. The summed E-state index contributed by atoms with van der Waals surface area (Å²) in [5.74, 6) is 0.869. The average Bonchev–Trinajstić information content (AvgIpc) is 3.34. The van der Waals surface area contributed by atoms with Gasteiger partial charge in [0.25, 0.3) is 0 Å². The molecule has 4 heterocycles. The van der Waals surface area contributed by atoms with E-state index in [4.69, 9.17) is 9.84 Å². The number of anilines is 1. The molecule has 1 saturated heterocycles. The van der Waals surface area contributed by atoms with Gasteiger partial charge in [-0.15, -0.1) is 5.10 Å². The van der Waals surface area contributed by atoms with Gasteiger partial charge in [0, 0.05) is 38.1 Å². The lowest BCUT2D eigenvalue weighted by Gasteiger charge is -2.25. The summed E-state index contributed by atoms with van der Waals surface area (Å²) < 4.78 is 7.17. The molecule has 3 aromatic heterocycles. The van der Waals surface area contributed by atoms with E-state index in [1.54, 1.807) is 24.3 Å². The van der Waals surface area contributed by atoms with Crippen LogP contribution in [-0.4, -0.2) is 62.9 Å². The van der Waals surface area contributed by atoms with E-state index in [-0.39, 0.29) is 18.2 Å². The molecule has 1 unspecified atom stereocenters. The second-order valence-corrected chi connectivity index (χ2v) is 7.27. The molecule has 1 atom stereocenters. The molecule has 28 heavy (non-hydrogen) atoms. The fourth-order valence-corrected chi connectivity index (χ4v) is 3.45. The number of hydrogen-bond donors (Lipinski definition) is 0. The quantitative estimate of drug-likeness (QED) is 0.693. The zero-order valence-corrected chi connectivity index (χ0v) is 16.3. The zero-order chi connectivity index (χ0) is 19.7. The first-order chi connectivity index (χ1) is 13.5. The van der Waals surface area contributed by atoms with Crippen LogP contribution in [0, 0.1) is 0 Å². The number of fused-ring (bicyclic) bond motifs is 1. The van der Waals surface area contributed by atoms with Crippen LogP contribution in [0.3, 0.4) is 0 Å². The number of carbonyl (C=O) groups is 1. The first-order valence-electron chi connectivity index (χ1n) is 9.46. The summed E-state index contributed by atoms with van der Waals surface area (Å²) in [5.41, 5.74) is 2.74. The number of likely N-dealkylation sites (N-methyl/N-ethyl adjacent to an activating group) is 1. The number of ether oxygens (including phenoxy) is 1. The molecule has 8 heteroatoms. The van der Waals surface area contributed by atoms with E-state index >= 15 is 0 Å². The molecule has 0 spiro atoms. The summed E-state index contributed by atoms with van der Waals surface area (Å²) in [6.45, 7) is 5.28. The SMILES string of the molecule is CC(C)OC(=O)N(C)C1CCN(c2ccc3ncc(-c4ccncc4)n3n2)C1. The predicted molar refractivity (Wildman–Crippen MR) is 106 cm³/mol. The Labute approximate surface area is 163 Å². The number of amides is 1. The molecule has 8 nitrogen and oxygen atoms in total. The number of imidazole rings is 1. The van der Waals surface area contributed by atoms with E-state index in [0.29, 0.717) is 0 Å². The topological polar surface area (TPSA) is 75.9 Å². The maximum Gasteiger partial charge on any atom is 0.410 e. The molecule has 0 radical (unpaired) electrons. The van der Waals surface area contributed by atoms with Gasteiger partial charge < -0.3 is 14.5 Å². The third kappa shape index (κ3) is 3.49. The van der Waals surface area contributed by atoms with Crippen molar-refractivity contribution in [1.29, 1.82) is 0 Å². The van der Waals surface area contributed by atoms with Crippen molar-refractivity contribution in [3.8, 4) is 11.3 Å². The molecule has 1 amide bonds. The van der Waals surface area contributed by atoms with Crippen LogP contribution in [0.15, 0.2) is 42.9 Å². The van der Waals surface area contributed by atoms with Gasteiger partial charge in [-0.2, -0.15) is 0 Å². The van der Waals surface area contributed by atoms with Gasteiger partial charge in [0.05, 0.1) is 24.0 Å². The highest BCUT2D eigenvalue weighted by molar-refractivity contribution is 5.68. The predicted octanol–water partition coefficient (Wildman–Crippen LogP) is 2.85. The Bertz CT molecular complexity index is 971. The van der Waals surface area contributed by atoms with Crippen molar-refractivity contribution in [1.82, 2.24) is 24.5 Å². The first-order valence-corrected chi connectivity index (χ1v) is 9.46. The highest BCUT2D eigenvalue weighted by Crippen LogP contribution is 2.24. The van der Waals surface area contributed by atoms with Gasteiger partial charge in [-0.3, -0.25) is 4.98 Å². The monoisotopic (exact) mass is 380 g/mol. The van der Waals surface area contributed by atoms with Gasteiger partial charge in [-0.05, 0) is 44.5 Å². The van der Waals surface area contributed by atoms with Crippen molar-refractivity contribution in [3.63, 3.8) is 0 Å². The van der Waals surface area contributed by atoms with Gasteiger partial charge in [-0.25, -0.2) is 14.3 Å². The Morgan fingerprint density at radius 1 is 1.25 bits per heavy atom. The van der Waals surface area contributed by atoms with Gasteiger partial charge in [0.2, 0.25) is 0 Å².